The summed E-state index contributed by atoms with van der Waals surface area (Å²) in [4.78, 5) is 19.2. The van der Waals surface area contributed by atoms with E-state index in [0.717, 1.165) is 25.9 Å². The summed E-state index contributed by atoms with van der Waals surface area (Å²) in [6.07, 6.45) is 10.2. The van der Waals surface area contributed by atoms with Crippen LogP contribution in [-0.2, 0) is 4.79 Å². The molecule has 0 unspecified atom stereocenters. The lowest BCUT2D eigenvalue weighted by Crippen LogP contribution is -2.42. The molecule has 4 nitrogen and oxygen atoms in total. The molecule has 1 saturated carbocycles. The van der Waals surface area contributed by atoms with Gasteiger partial charge in [0.25, 0.3) is 0 Å². The maximum absolute atomic E-state index is 13.0. The van der Waals surface area contributed by atoms with Gasteiger partial charge in [0.05, 0.1) is 18.3 Å². The van der Waals surface area contributed by atoms with E-state index in [1.54, 1.807) is 0 Å². The van der Waals surface area contributed by atoms with Crippen molar-refractivity contribution >= 4 is 5.91 Å². The Kier molecular flexibility index (Phi) is 3.87. The van der Waals surface area contributed by atoms with Crippen LogP contribution in [0.3, 0.4) is 0 Å². The summed E-state index contributed by atoms with van der Waals surface area (Å²) in [5.74, 6) is 0.903. The highest BCUT2D eigenvalue weighted by atomic mass is 16.2. The van der Waals surface area contributed by atoms with Crippen LogP contribution in [0.15, 0.2) is 30.4 Å². The fourth-order valence-corrected chi connectivity index (χ4v) is 3.90. The number of amides is 1. The molecule has 3 atom stereocenters. The minimum absolute atomic E-state index is 0.107. The Balaban J connectivity index is 1.69. The van der Waals surface area contributed by atoms with Crippen LogP contribution < -0.4 is 0 Å². The molecule has 0 bridgehead atoms. The van der Waals surface area contributed by atoms with E-state index in [0.29, 0.717) is 17.9 Å². The van der Waals surface area contributed by atoms with Gasteiger partial charge in [-0.25, -0.2) is 4.98 Å². The van der Waals surface area contributed by atoms with Crippen molar-refractivity contribution in [2.24, 2.45) is 17.3 Å². The van der Waals surface area contributed by atoms with Crippen LogP contribution in [0.2, 0.25) is 0 Å². The predicted molar refractivity (Wildman–Crippen MR) is 87.3 cm³/mol. The summed E-state index contributed by atoms with van der Waals surface area (Å²) in [5, 5.41) is 0. The average molecular weight is 301 g/mol. The van der Waals surface area contributed by atoms with Gasteiger partial charge in [0.15, 0.2) is 0 Å². The zero-order chi connectivity index (χ0) is 15.9. The molecule has 120 valence electrons. The van der Waals surface area contributed by atoms with Crippen molar-refractivity contribution in [3.63, 3.8) is 0 Å². The molecule has 1 aliphatic heterocycles. The molecular formula is C18H27N3O. The Bertz CT molecular complexity index is 569. The van der Waals surface area contributed by atoms with Crippen molar-refractivity contribution in [1.82, 2.24) is 14.5 Å². The normalized spacial score (nSPS) is 30.0. The summed E-state index contributed by atoms with van der Waals surface area (Å²) in [6.45, 7) is 10.4. The third-order valence-electron chi connectivity index (χ3n) is 5.34. The maximum Gasteiger partial charge on any atom is 0.226 e. The molecule has 1 aromatic rings. The van der Waals surface area contributed by atoms with Crippen LogP contribution >= 0.6 is 0 Å². The molecule has 0 spiro atoms. The van der Waals surface area contributed by atoms with E-state index in [-0.39, 0.29) is 11.3 Å². The number of allylic oxidation sites excluding steroid dienone is 2. The van der Waals surface area contributed by atoms with Gasteiger partial charge in [-0.15, -0.1) is 0 Å². The molecule has 1 amide bonds. The predicted octanol–water partition coefficient (Wildman–Crippen LogP) is 3.29. The fraction of sp³-hybridized carbons (Fsp3) is 0.667. The minimum Gasteiger partial charge on any atom is -0.340 e. The van der Waals surface area contributed by atoms with Crippen LogP contribution in [-0.4, -0.2) is 33.4 Å². The largest absolute Gasteiger partial charge is 0.340 e. The van der Waals surface area contributed by atoms with Gasteiger partial charge >= 0.3 is 0 Å². The van der Waals surface area contributed by atoms with Crippen molar-refractivity contribution in [2.45, 2.75) is 46.6 Å². The summed E-state index contributed by atoms with van der Waals surface area (Å²) in [6, 6.07) is 0.379. The molecule has 2 aliphatic rings. The second-order valence-electron chi connectivity index (χ2n) is 7.66. The van der Waals surface area contributed by atoms with E-state index < -0.39 is 0 Å². The number of aromatic nitrogens is 2. The van der Waals surface area contributed by atoms with E-state index in [4.69, 9.17) is 0 Å². The van der Waals surface area contributed by atoms with Crippen LogP contribution in [0.1, 0.15) is 46.6 Å². The molecule has 0 N–H and O–H groups in total. The average Bonchev–Trinajstić information content (AvgIpc) is 2.87. The Morgan fingerprint density at radius 3 is 2.77 bits per heavy atom. The molecule has 2 fully saturated rings. The second-order valence-corrected chi connectivity index (χ2v) is 7.66. The number of hydrogen-bond acceptors (Lipinski definition) is 2. The number of nitrogens with zero attached hydrogens (tertiary/aromatic N) is 3. The Morgan fingerprint density at radius 2 is 2.14 bits per heavy atom. The molecule has 1 aromatic heterocycles. The Morgan fingerprint density at radius 1 is 1.36 bits per heavy atom. The van der Waals surface area contributed by atoms with Crippen molar-refractivity contribution in [3.8, 4) is 0 Å². The molecular weight excluding hydrogens is 274 g/mol. The van der Waals surface area contributed by atoms with Crippen molar-refractivity contribution in [2.75, 3.05) is 13.1 Å². The smallest absolute Gasteiger partial charge is 0.226 e. The Hall–Kier alpha value is -1.58. The number of carbonyl (C=O) groups is 1. The first-order valence-electron chi connectivity index (χ1n) is 8.32. The molecule has 1 aliphatic carbocycles. The van der Waals surface area contributed by atoms with E-state index in [9.17, 15) is 4.79 Å². The Labute approximate surface area is 133 Å². The topological polar surface area (TPSA) is 38.1 Å². The maximum atomic E-state index is 13.0. The van der Waals surface area contributed by atoms with Crippen LogP contribution in [0.25, 0.3) is 0 Å². The van der Waals surface area contributed by atoms with Crippen molar-refractivity contribution in [3.05, 3.63) is 30.4 Å². The number of carbonyl (C=O) groups excluding carboxylic acids is 1. The zero-order valence-corrected chi connectivity index (χ0v) is 14.1. The van der Waals surface area contributed by atoms with Crippen LogP contribution in [0.5, 0.6) is 0 Å². The minimum atomic E-state index is 0.107. The van der Waals surface area contributed by atoms with Gasteiger partial charge in [0, 0.05) is 25.5 Å². The van der Waals surface area contributed by atoms with Crippen molar-refractivity contribution in [1.29, 1.82) is 0 Å². The number of likely N-dealkylation sites (tertiary alicyclic amines) is 1. The van der Waals surface area contributed by atoms with E-state index >= 15 is 0 Å². The van der Waals surface area contributed by atoms with Gasteiger partial charge < -0.3 is 9.47 Å². The lowest BCUT2D eigenvalue weighted by molar-refractivity contribution is -0.135. The van der Waals surface area contributed by atoms with Gasteiger partial charge in [0.1, 0.15) is 0 Å². The molecule has 0 radical (unpaired) electrons. The summed E-state index contributed by atoms with van der Waals surface area (Å²) in [5.41, 5.74) is 1.42. The van der Waals surface area contributed by atoms with Crippen LogP contribution in [0.4, 0.5) is 0 Å². The third-order valence-corrected chi connectivity index (χ3v) is 5.34. The number of rotatable bonds is 3. The van der Waals surface area contributed by atoms with Gasteiger partial charge in [-0.3, -0.25) is 4.79 Å². The number of piperidine rings is 1. The van der Waals surface area contributed by atoms with E-state index in [1.165, 1.54) is 5.57 Å². The lowest BCUT2D eigenvalue weighted by Gasteiger charge is -2.33. The zero-order valence-electron chi connectivity index (χ0n) is 14.1. The molecule has 0 aromatic carbocycles. The summed E-state index contributed by atoms with van der Waals surface area (Å²) in [7, 11) is 0. The van der Waals surface area contributed by atoms with E-state index in [2.05, 4.69) is 48.2 Å². The first-order chi connectivity index (χ1) is 10.4. The number of imidazole rings is 1. The van der Waals surface area contributed by atoms with Gasteiger partial charge in [-0.1, -0.05) is 25.5 Å². The molecule has 4 heteroatoms. The monoisotopic (exact) mass is 301 g/mol. The lowest BCUT2D eigenvalue weighted by atomic mass is 10.0. The molecule has 22 heavy (non-hydrogen) atoms. The second kappa shape index (κ2) is 5.56. The molecule has 2 heterocycles. The van der Waals surface area contributed by atoms with Crippen LogP contribution in [0, 0.1) is 17.3 Å². The molecule has 3 rings (SSSR count). The fourth-order valence-electron chi connectivity index (χ4n) is 3.90. The highest BCUT2D eigenvalue weighted by Gasteiger charge is 2.61. The quantitative estimate of drug-likeness (QED) is 0.804. The highest BCUT2D eigenvalue weighted by Crippen LogP contribution is 2.60. The van der Waals surface area contributed by atoms with Gasteiger partial charge in [-0.05, 0) is 38.0 Å². The third kappa shape index (κ3) is 2.71. The van der Waals surface area contributed by atoms with Gasteiger partial charge in [0.2, 0.25) is 5.91 Å². The van der Waals surface area contributed by atoms with Crippen molar-refractivity contribution < 1.29 is 4.79 Å². The van der Waals surface area contributed by atoms with E-state index in [1.807, 2.05) is 18.7 Å². The van der Waals surface area contributed by atoms with Gasteiger partial charge in [-0.2, -0.15) is 0 Å². The molecule has 1 saturated heterocycles. The SMILES string of the molecule is CC(C)=C[C@@H]1[C@H](C(=O)N2CCC[C@@H](n3ccnc3)C2)C1(C)C. The highest BCUT2D eigenvalue weighted by molar-refractivity contribution is 5.84. The standard InChI is InChI=1S/C18H27N3O/c1-13(2)10-15-16(18(15,3)4)17(22)20-8-5-6-14(11-20)21-9-7-19-12-21/h7,9-10,12,14-16H,5-6,8,11H2,1-4H3/t14-,15-,16-/m1/s1. The number of hydrogen-bond donors (Lipinski definition) is 0. The summed E-state index contributed by atoms with van der Waals surface area (Å²) >= 11 is 0. The first kappa shape index (κ1) is 15.3. The summed E-state index contributed by atoms with van der Waals surface area (Å²) < 4.78 is 2.14. The first-order valence-corrected chi connectivity index (χ1v) is 8.32.